The van der Waals surface area contributed by atoms with Crippen molar-refractivity contribution in [3.63, 3.8) is 0 Å². The predicted molar refractivity (Wildman–Crippen MR) is 37.7 cm³/mol. The van der Waals surface area contributed by atoms with E-state index in [1.165, 1.54) is 0 Å². The van der Waals surface area contributed by atoms with Crippen LogP contribution in [0.15, 0.2) is 11.6 Å². The first kappa shape index (κ1) is 7.57. The van der Waals surface area contributed by atoms with Crippen LogP contribution in [0.5, 0.6) is 0 Å². The molecule has 3 nitrogen and oxygen atoms in total. The van der Waals surface area contributed by atoms with Gasteiger partial charge < -0.3 is 0 Å². The van der Waals surface area contributed by atoms with Gasteiger partial charge in [0.2, 0.25) is 0 Å². The van der Waals surface area contributed by atoms with Crippen LogP contribution in [-0.2, 0) is 4.84 Å². The normalized spacial score (nSPS) is 18.6. The van der Waals surface area contributed by atoms with Gasteiger partial charge in [-0.05, 0) is 24.1 Å². The summed E-state index contributed by atoms with van der Waals surface area (Å²) in [6.45, 7) is 2.85. The number of carbonyl (C=O) groups excluding carboxylic acids is 1. The molecule has 0 aromatic carbocycles. The lowest BCUT2D eigenvalue weighted by Gasteiger charge is -2.21. The molecule has 0 bridgehead atoms. The fourth-order valence-corrected chi connectivity index (χ4v) is 0.770. The maximum Gasteiger partial charge on any atom is 0.340 e. The second-order valence-corrected chi connectivity index (χ2v) is 2.46. The van der Waals surface area contributed by atoms with E-state index >= 15 is 0 Å². The van der Waals surface area contributed by atoms with Crippen molar-refractivity contribution in [2.75, 3.05) is 13.2 Å². The zero-order valence-corrected chi connectivity index (χ0v) is 6.39. The first-order valence-electron chi connectivity index (χ1n) is 2.95. The molecule has 4 heteroatoms. The van der Waals surface area contributed by atoms with Crippen LogP contribution >= 0.6 is 11.6 Å². The molecular weight excluding hydrogens is 154 g/mol. The Morgan fingerprint density at radius 1 is 1.90 bits per heavy atom. The molecule has 0 saturated carbocycles. The van der Waals surface area contributed by atoms with Gasteiger partial charge in [-0.15, -0.1) is 0 Å². The number of amides is 1. The topological polar surface area (TPSA) is 29.5 Å². The van der Waals surface area contributed by atoms with Crippen LogP contribution in [0.4, 0.5) is 4.79 Å². The number of hydrogen-bond donors (Lipinski definition) is 0. The van der Waals surface area contributed by atoms with E-state index in [0.717, 1.165) is 10.6 Å². The second-order valence-electron chi connectivity index (χ2n) is 2.14. The molecule has 0 spiro atoms. The van der Waals surface area contributed by atoms with E-state index < -0.39 is 5.37 Å². The summed E-state index contributed by atoms with van der Waals surface area (Å²) >= 11 is 5.14. The van der Waals surface area contributed by atoms with E-state index in [2.05, 4.69) is 0 Å². The lowest BCUT2D eigenvalue weighted by molar-refractivity contribution is -0.0987. The smallest absolute Gasteiger partial charge is 0.265 e. The lowest BCUT2D eigenvalue weighted by Crippen LogP contribution is -2.30. The lowest BCUT2D eigenvalue weighted by atomic mass is 10.3. The Kier molecular flexibility index (Phi) is 2.29. The van der Waals surface area contributed by atoms with Crippen molar-refractivity contribution in [3.8, 4) is 0 Å². The molecule has 0 radical (unpaired) electrons. The summed E-state index contributed by atoms with van der Waals surface area (Å²) < 4.78 is 0. The Bertz CT molecular complexity index is 179. The predicted octanol–water partition coefficient (Wildman–Crippen LogP) is 1.54. The quantitative estimate of drug-likeness (QED) is 0.306. The minimum Gasteiger partial charge on any atom is -0.265 e. The highest BCUT2D eigenvalue weighted by Gasteiger charge is 2.13. The van der Waals surface area contributed by atoms with Gasteiger partial charge in [-0.3, -0.25) is 9.63 Å². The third kappa shape index (κ3) is 1.72. The Morgan fingerprint density at radius 3 is 3.00 bits per heavy atom. The standard InChI is InChI=1S/C6H8ClNO2/c1-5-2-3-8(6(7)9)10-4-5/h2H,3-4H2,1H3. The summed E-state index contributed by atoms with van der Waals surface area (Å²) in [6.07, 6.45) is 1.91. The zero-order valence-electron chi connectivity index (χ0n) is 5.63. The molecule has 0 aromatic heterocycles. The molecule has 0 atom stereocenters. The number of hydrogen-bond acceptors (Lipinski definition) is 2. The van der Waals surface area contributed by atoms with Crippen molar-refractivity contribution in [3.05, 3.63) is 11.6 Å². The number of rotatable bonds is 0. The van der Waals surface area contributed by atoms with E-state index in [1.807, 2.05) is 13.0 Å². The van der Waals surface area contributed by atoms with Crippen LogP contribution in [0.3, 0.4) is 0 Å². The Morgan fingerprint density at radius 2 is 2.60 bits per heavy atom. The van der Waals surface area contributed by atoms with Crippen molar-refractivity contribution in [2.24, 2.45) is 0 Å². The van der Waals surface area contributed by atoms with Crippen LogP contribution in [0.1, 0.15) is 6.92 Å². The van der Waals surface area contributed by atoms with Crippen molar-refractivity contribution >= 4 is 17.0 Å². The van der Waals surface area contributed by atoms with Crippen molar-refractivity contribution in [1.82, 2.24) is 5.06 Å². The van der Waals surface area contributed by atoms with E-state index in [1.54, 1.807) is 0 Å². The molecule has 1 aliphatic heterocycles. The van der Waals surface area contributed by atoms with E-state index in [9.17, 15) is 4.79 Å². The van der Waals surface area contributed by atoms with Gasteiger partial charge in [0.15, 0.2) is 0 Å². The molecule has 1 aliphatic rings. The zero-order chi connectivity index (χ0) is 7.56. The average molecular weight is 162 g/mol. The fourth-order valence-electron chi connectivity index (χ4n) is 0.653. The summed E-state index contributed by atoms with van der Waals surface area (Å²) in [5, 5.41) is 0.554. The largest absolute Gasteiger partial charge is 0.340 e. The molecule has 0 aliphatic carbocycles. The van der Waals surface area contributed by atoms with Gasteiger partial charge >= 0.3 is 5.37 Å². The monoisotopic (exact) mass is 161 g/mol. The van der Waals surface area contributed by atoms with E-state index in [-0.39, 0.29) is 0 Å². The SMILES string of the molecule is CC1=CCN(C(=O)Cl)OC1. The maximum absolute atomic E-state index is 10.4. The average Bonchev–Trinajstić information content (AvgIpc) is 1.88. The molecule has 10 heavy (non-hydrogen) atoms. The van der Waals surface area contributed by atoms with E-state index in [4.69, 9.17) is 16.4 Å². The van der Waals surface area contributed by atoms with Crippen LogP contribution < -0.4 is 0 Å². The molecule has 0 aromatic rings. The number of hydroxylamine groups is 2. The first-order valence-corrected chi connectivity index (χ1v) is 3.33. The minimum atomic E-state index is -0.566. The highest BCUT2D eigenvalue weighted by molar-refractivity contribution is 6.62. The molecule has 0 saturated heterocycles. The van der Waals surface area contributed by atoms with Gasteiger partial charge in [0.05, 0.1) is 13.2 Å². The molecule has 0 unspecified atom stereocenters. The maximum atomic E-state index is 10.4. The van der Waals surface area contributed by atoms with Crippen molar-refractivity contribution in [1.29, 1.82) is 0 Å². The summed E-state index contributed by atoms with van der Waals surface area (Å²) in [5.41, 5.74) is 1.12. The number of halogens is 1. The summed E-state index contributed by atoms with van der Waals surface area (Å²) in [7, 11) is 0. The number of carbonyl (C=O) groups is 1. The van der Waals surface area contributed by atoms with Gasteiger partial charge in [-0.1, -0.05) is 6.08 Å². The molecular formula is C6H8ClNO2. The molecule has 0 fully saturated rings. The van der Waals surface area contributed by atoms with Gasteiger partial charge in [-0.2, -0.15) is 0 Å². The van der Waals surface area contributed by atoms with Crippen LogP contribution in [0, 0.1) is 0 Å². The highest BCUT2D eigenvalue weighted by Crippen LogP contribution is 2.07. The van der Waals surface area contributed by atoms with Crippen LogP contribution in [0.2, 0.25) is 0 Å². The summed E-state index contributed by atoms with van der Waals surface area (Å²) in [5.74, 6) is 0. The van der Waals surface area contributed by atoms with Crippen molar-refractivity contribution < 1.29 is 9.63 Å². The third-order valence-corrected chi connectivity index (χ3v) is 1.44. The molecule has 56 valence electrons. The Hall–Kier alpha value is -0.540. The molecule has 1 amide bonds. The van der Waals surface area contributed by atoms with Gasteiger partial charge in [0.1, 0.15) is 0 Å². The van der Waals surface area contributed by atoms with Crippen LogP contribution in [0.25, 0.3) is 0 Å². The number of nitrogens with zero attached hydrogens (tertiary/aromatic N) is 1. The first-order chi connectivity index (χ1) is 4.70. The highest BCUT2D eigenvalue weighted by atomic mass is 35.5. The third-order valence-electron chi connectivity index (χ3n) is 1.25. The summed E-state index contributed by atoms with van der Waals surface area (Å²) in [4.78, 5) is 15.4. The second kappa shape index (κ2) is 3.03. The molecule has 1 heterocycles. The minimum absolute atomic E-state index is 0.453. The van der Waals surface area contributed by atoms with Gasteiger partial charge in [0, 0.05) is 0 Å². The van der Waals surface area contributed by atoms with E-state index in [0.29, 0.717) is 13.2 Å². The van der Waals surface area contributed by atoms with Gasteiger partial charge in [-0.25, -0.2) is 5.06 Å². The Labute approximate surface area is 64.2 Å². The fraction of sp³-hybridized carbons (Fsp3) is 0.500. The molecule has 1 rings (SSSR count). The van der Waals surface area contributed by atoms with Gasteiger partial charge in [0.25, 0.3) is 0 Å². The van der Waals surface area contributed by atoms with Crippen LogP contribution in [-0.4, -0.2) is 23.6 Å². The Balaban J connectivity index is 2.50. The molecule has 0 N–H and O–H groups in total. The summed E-state index contributed by atoms with van der Waals surface area (Å²) in [6, 6.07) is 0. The van der Waals surface area contributed by atoms with Crippen molar-refractivity contribution in [2.45, 2.75) is 6.92 Å².